The summed E-state index contributed by atoms with van der Waals surface area (Å²) in [6, 6.07) is 8.08. The zero-order valence-corrected chi connectivity index (χ0v) is 15.5. The zero-order chi connectivity index (χ0) is 17.9. The highest BCUT2D eigenvalue weighted by Crippen LogP contribution is 2.16. The molecule has 0 saturated carbocycles. The number of esters is 1. The second-order valence-corrected chi connectivity index (χ2v) is 6.83. The van der Waals surface area contributed by atoms with Crippen molar-refractivity contribution in [2.24, 2.45) is 0 Å². The highest BCUT2D eigenvalue weighted by Gasteiger charge is 2.12. The monoisotopic (exact) mass is 345 g/mol. The van der Waals surface area contributed by atoms with Crippen LogP contribution in [0.25, 0.3) is 0 Å². The summed E-state index contributed by atoms with van der Waals surface area (Å²) < 4.78 is 4.90. The molecular weight excluding hydrogens is 314 g/mol. The molecule has 4 nitrogen and oxygen atoms in total. The maximum absolute atomic E-state index is 12.4. The molecular formula is C21H31NO3. The molecule has 0 bridgehead atoms. The van der Waals surface area contributed by atoms with Crippen molar-refractivity contribution >= 4 is 11.8 Å². The van der Waals surface area contributed by atoms with Crippen LogP contribution in [0.1, 0.15) is 74.2 Å². The highest BCUT2D eigenvalue weighted by molar-refractivity contribution is 5.96. The fourth-order valence-electron chi connectivity index (χ4n) is 3.33. The molecule has 4 heteroatoms. The Morgan fingerprint density at radius 2 is 1.80 bits per heavy atom. The fraction of sp³-hybridized carbons (Fsp3) is 0.619. The second-order valence-electron chi connectivity index (χ2n) is 6.83. The smallest absolute Gasteiger partial charge is 0.305 e. The number of benzene rings is 1. The second kappa shape index (κ2) is 11.0. The van der Waals surface area contributed by atoms with Crippen molar-refractivity contribution in [2.45, 2.75) is 64.8 Å². The molecule has 0 amide bonds. The van der Waals surface area contributed by atoms with Crippen molar-refractivity contribution in [3.05, 3.63) is 35.4 Å². The standard InChI is InChI=1S/C21H31NO3/c1-2-25-21(24)13-6-3-5-12-20(23)19-11-9-10-18(16-19)17-22-14-7-4-8-15-22/h9-11,16H,2-8,12-15,17H2,1H3. The van der Waals surface area contributed by atoms with Crippen LogP contribution in [0.4, 0.5) is 0 Å². The lowest BCUT2D eigenvalue weighted by molar-refractivity contribution is -0.143. The molecule has 0 spiro atoms. The van der Waals surface area contributed by atoms with Gasteiger partial charge in [0.25, 0.3) is 0 Å². The number of ether oxygens (including phenoxy) is 1. The Bertz CT molecular complexity index is 550. The molecule has 0 radical (unpaired) electrons. The summed E-state index contributed by atoms with van der Waals surface area (Å²) in [5, 5.41) is 0. The van der Waals surface area contributed by atoms with E-state index < -0.39 is 0 Å². The first kappa shape index (κ1) is 19.6. The van der Waals surface area contributed by atoms with Gasteiger partial charge in [0, 0.05) is 24.9 Å². The number of rotatable bonds is 10. The summed E-state index contributed by atoms with van der Waals surface area (Å²) in [7, 11) is 0. The first-order valence-corrected chi connectivity index (χ1v) is 9.69. The average molecular weight is 345 g/mol. The number of ketones is 1. The molecule has 1 aromatic rings. The summed E-state index contributed by atoms with van der Waals surface area (Å²) in [6.07, 6.45) is 7.41. The van der Waals surface area contributed by atoms with Crippen molar-refractivity contribution in [2.75, 3.05) is 19.7 Å². The van der Waals surface area contributed by atoms with Crippen molar-refractivity contribution in [3.8, 4) is 0 Å². The lowest BCUT2D eigenvalue weighted by Gasteiger charge is -2.26. The lowest BCUT2D eigenvalue weighted by Crippen LogP contribution is -2.29. The fourth-order valence-corrected chi connectivity index (χ4v) is 3.33. The van der Waals surface area contributed by atoms with Crippen molar-refractivity contribution < 1.29 is 14.3 Å². The lowest BCUT2D eigenvalue weighted by atomic mass is 10.0. The van der Waals surface area contributed by atoms with Gasteiger partial charge in [0.2, 0.25) is 0 Å². The van der Waals surface area contributed by atoms with Crippen molar-refractivity contribution in [3.63, 3.8) is 0 Å². The van der Waals surface area contributed by atoms with Gasteiger partial charge in [-0.2, -0.15) is 0 Å². The van der Waals surface area contributed by atoms with Crippen LogP contribution in [0.3, 0.4) is 0 Å². The molecule has 1 saturated heterocycles. The molecule has 0 atom stereocenters. The van der Waals surface area contributed by atoms with Gasteiger partial charge < -0.3 is 4.74 Å². The maximum atomic E-state index is 12.4. The van der Waals surface area contributed by atoms with E-state index in [0.717, 1.165) is 31.4 Å². The van der Waals surface area contributed by atoms with Crippen molar-refractivity contribution in [1.29, 1.82) is 0 Å². The maximum Gasteiger partial charge on any atom is 0.305 e. The van der Waals surface area contributed by atoms with E-state index in [0.29, 0.717) is 19.4 Å². The van der Waals surface area contributed by atoms with Gasteiger partial charge in [0.15, 0.2) is 5.78 Å². The quantitative estimate of drug-likeness (QED) is 0.359. The minimum absolute atomic E-state index is 0.140. The Labute approximate surface area is 151 Å². The summed E-state index contributed by atoms with van der Waals surface area (Å²) in [4.78, 5) is 26.1. The highest BCUT2D eigenvalue weighted by atomic mass is 16.5. The number of nitrogens with zero attached hydrogens (tertiary/aromatic N) is 1. The first-order chi connectivity index (χ1) is 12.2. The van der Waals surface area contributed by atoms with Gasteiger partial charge in [0.1, 0.15) is 0 Å². The number of likely N-dealkylation sites (tertiary alicyclic amines) is 1. The van der Waals surface area contributed by atoms with E-state index in [1.54, 1.807) is 0 Å². The molecule has 0 unspecified atom stereocenters. The molecule has 2 rings (SSSR count). The summed E-state index contributed by atoms with van der Waals surface area (Å²) in [5.41, 5.74) is 2.05. The topological polar surface area (TPSA) is 46.6 Å². The molecule has 25 heavy (non-hydrogen) atoms. The molecule has 0 aliphatic carbocycles. The molecule has 1 heterocycles. The van der Waals surface area contributed by atoms with Crippen LogP contribution in [0.5, 0.6) is 0 Å². The number of unbranched alkanes of at least 4 members (excludes halogenated alkanes) is 2. The van der Waals surface area contributed by atoms with Crippen LogP contribution < -0.4 is 0 Å². The third kappa shape index (κ3) is 7.39. The summed E-state index contributed by atoms with van der Waals surface area (Å²) in [5.74, 6) is 0.0656. The van der Waals surface area contributed by atoms with Gasteiger partial charge in [-0.1, -0.05) is 31.0 Å². The van der Waals surface area contributed by atoms with Crippen LogP contribution in [-0.2, 0) is 16.1 Å². The Balaban J connectivity index is 1.72. The van der Waals surface area contributed by atoms with Crippen LogP contribution in [0, 0.1) is 0 Å². The van der Waals surface area contributed by atoms with Crippen LogP contribution >= 0.6 is 0 Å². The minimum Gasteiger partial charge on any atom is -0.466 e. The SMILES string of the molecule is CCOC(=O)CCCCCC(=O)c1cccc(CN2CCCCC2)c1. The molecule has 0 aromatic heterocycles. The van der Waals surface area contributed by atoms with Gasteiger partial charge in [-0.05, 0) is 57.3 Å². The Hall–Kier alpha value is -1.68. The Morgan fingerprint density at radius 3 is 2.56 bits per heavy atom. The largest absolute Gasteiger partial charge is 0.466 e. The van der Waals surface area contributed by atoms with E-state index in [9.17, 15) is 9.59 Å². The minimum atomic E-state index is -0.140. The number of hydrogen-bond acceptors (Lipinski definition) is 4. The molecule has 138 valence electrons. The third-order valence-electron chi connectivity index (χ3n) is 4.69. The van der Waals surface area contributed by atoms with E-state index in [-0.39, 0.29) is 11.8 Å². The van der Waals surface area contributed by atoms with Gasteiger partial charge in [-0.3, -0.25) is 14.5 Å². The predicted molar refractivity (Wildman–Crippen MR) is 99.6 cm³/mol. The number of Topliss-reactive ketones (excluding diaryl/α,β-unsaturated/α-hetero) is 1. The molecule has 1 aromatic carbocycles. The molecule has 1 aliphatic rings. The van der Waals surface area contributed by atoms with E-state index in [1.807, 2.05) is 19.1 Å². The summed E-state index contributed by atoms with van der Waals surface area (Å²) >= 11 is 0. The number of piperidine rings is 1. The van der Waals surface area contributed by atoms with Gasteiger partial charge >= 0.3 is 5.97 Å². The van der Waals surface area contributed by atoms with Crippen molar-refractivity contribution in [1.82, 2.24) is 4.90 Å². The van der Waals surface area contributed by atoms with E-state index in [2.05, 4.69) is 17.0 Å². The Morgan fingerprint density at radius 1 is 1.04 bits per heavy atom. The van der Waals surface area contributed by atoms with Crippen LogP contribution in [0.15, 0.2) is 24.3 Å². The average Bonchev–Trinajstić information content (AvgIpc) is 2.62. The number of hydrogen-bond donors (Lipinski definition) is 0. The van der Waals surface area contributed by atoms with Crippen LogP contribution in [-0.4, -0.2) is 36.3 Å². The molecule has 1 fully saturated rings. The third-order valence-corrected chi connectivity index (χ3v) is 4.69. The number of carbonyl (C=O) groups is 2. The van der Waals surface area contributed by atoms with Gasteiger partial charge in [-0.15, -0.1) is 0 Å². The first-order valence-electron chi connectivity index (χ1n) is 9.69. The van der Waals surface area contributed by atoms with E-state index >= 15 is 0 Å². The molecule has 1 aliphatic heterocycles. The zero-order valence-electron chi connectivity index (χ0n) is 15.5. The van der Waals surface area contributed by atoms with Gasteiger partial charge in [-0.25, -0.2) is 0 Å². The summed E-state index contributed by atoms with van der Waals surface area (Å²) in [6.45, 7) is 5.53. The van der Waals surface area contributed by atoms with Gasteiger partial charge in [0.05, 0.1) is 6.61 Å². The van der Waals surface area contributed by atoms with E-state index in [1.165, 1.54) is 37.9 Å². The Kier molecular flexibility index (Phi) is 8.67. The normalized spacial score (nSPS) is 15.1. The predicted octanol–water partition coefficient (Wildman–Crippen LogP) is 4.37. The van der Waals surface area contributed by atoms with E-state index in [4.69, 9.17) is 4.74 Å². The van der Waals surface area contributed by atoms with Crippen LogP contribution in [0.2, 0.25) is 0 Å². The number of carbonyl (C=O) groups excluding carboxylic acids is 2. The molecule has 0 N–H and O–H groups in total.